The van der Waals surface area contributed by atoms with Crippen LogP contribution in [0.25, 0.3) is 0 Å². The minimum atomic E-state index is 0.787. The van der Waals surface area contributed by atoms with Gasteiger partial charge in [0.05, 0.1) is 0 Å². The summed E-state index contributed by atoms with van der Waals surface area (Å²) in [6, 6.07) is 0. The third kappa shape index (κ3) is 1.36. The van der Waals surface area contributed by atoms with Gasteiger partial charge in [-0.3, -0.25) is 0 Å². The zero-order valence-corrected chi connectivity index (χ0v) is 6.68. The van der Waals surface area contributed by atoms with Gasteiger partial charge in [0.25, 0.3) is 0 Å². The Hall–Kier alpha value is 0. The summed E-state index contributed by atoms with van der Waals surface area (Å²) in [6.07, 6.45) is 8.85. The summed E-state index contributed by atoms with van der Waals surface area (Å²) in [7, 11) is 0. The molecule has 0 nitrogen and oxygen atoms in total. The molecule has 2 saturated carbocycles. The van der Waals surface area contributed by atoms with E-state index in [2.05, 4.69) is 6.92 Å². The summed E-state index contributed by atoms with van der Waals surface area (Å²) in [5.74, 6) is 3.04. The van der Waals surface area contributed by atoms with Gasteiger partial charge in [-0.2, -0.15) is 0 Å². The Morgan fingerprint density at radius 2 is 1.10 bits per heavy atom. The smallest absolute Gasteiger partial charge is 0.0386 e. The monoisotopic (exact) mass is 137 g/mol. The van der Waals surface area contributed by atoms with E-state index in [1.54, 1.807) is 0 Å². The van der Waals surface area contributed by atoms with Crippen LogP contribution in [-0.4, -0.2) is 0 Å². The molecular formula is C10H17. The van der Waals surface area contributed by atoms with Crippen molar-refractivity contribution in [3.05, 3.63) is 6.92 Å². The molecule has 0 aromatic rings. The van der Waals surface area contributed by atoms with E-state index in [0.717, 1.165) is 17.8 Å². The van der Waals surface area contributed by atoms with Gasteiger partial charge >= 0.3 is 0 Å². The maximum absolute atomic E-state index is 4.11. The first-order valence-electron chi connectivity index (χ1n) is 4.69. The Bertz CT molecular complexity index is 105. The standard InChI is InChI=1S/C10H17/c1-8-2-4-9(5-3-8)10-6-7-10/h8-10H,1-7H2. The molecule has 0 aromatic heterocycles. The van der Waals surface area contributed by atoms with Crippen molar-refractivity contribution in [3.8, 4) is 0 Å². The molecule has 57 valence electrons. The SMILES string of the molecule is [CH2]C1CCC(C2CC2)CC1. The summed E-state index contributed by atoms with van der Waals surface area (Å²) in [4.78, 5) is 0. The van der Waals surface area contributed by atoms with Crippen LogP contribution in [0.1, 0.15) is 38.5 Å². The van der Waals surface area contributed by atoms with Gasteiger partial charge in [-0.15, -0.1) is 0 Å². The molecule has 0 aromatic carbocycles. The molecule has 0 bridgehead atoms. The van der Waals surface area contributed by atoms with Crippen LogP contribution in [0.3, 0.4) is 0 Å². The van der Waals surface area contributed by atoms with Crippen molar-refractivity contribution in [2.45, 2.75) is 38.5 Å². The van der Waals surface area contributed by atoms with Crippen molar-refractivity contribution in [1.82, 2.24) is 0 Å². The average molecular weight is 137 g/mol. The maximum atomic E-state index is 4.11. The van der Waals surface area contributed by atoms with E-state index >= 15 is 0 Å². The first-order chi connectivity index (χ1) is 4.86. The molecule has 0 spiro atoms. The molecule has 0 heteroatoms. The van der Waals surface area contributed by atoms with Crippen LogP contribution in [0.4, 0.5) is 0 Å². The topological polar surface area (TPSA) is 0 Å². The average Bonchev–Trinajstić information content (AvgIpc) is 2.71. The van der Waals surface area contributed by atoms with E-state index in [1.165, 1.54) is 38.5 Å². The molecule has 0 unspecified atom stereocenters. The van der Waals surface area contributed by atoms with E-state index in [0.29, 0.717) is 0 Å². The second kappa shape index (κ2) is 2.56. The fourth-order valence-corrected chi connectivity index (χ4v) is 2.23. The van der Waals surface area contributed by atoms with Gasteiger partial charge in [-0.05, 0) is 43.4 Å². The first-order valence-corrected chi connectivity index (χ1v) is 4.69. The van der Waals surface area contributed by atoms with Crippen LogP contribution in [0.2, 0.25) is 0 Å². The molecule has 2 aliphatic rings. The highest BCUT2D eigenvalue weighted by Gasteiger charge is 2.32. The van der Waals surface area contributed by atoms with Crippen molar-refractivity contribution < 1.29 is 0 Å². The van der Waals surface area contributed by atoms with Gasteiger partial charge < -0.3 is 0 Å². The quantitative estimate of drug-likeness (QED) is 0.521. The lowest BCUT2D eigenvalue weighted by Crippen LogP contribution is -2.13. The summed E-state index contributed by atoms with van der Waals surface area (Å²) in [5.41, 5.74) is 0. The van der Waals surface area contributed by atoms with Gasteiger partial charge in [-0.25, -0.2) is 0 Å². The fraction of sp³-hybridized carbons (Fsp3) is 0.900. The Kier molecular flexibility index (Phi) is 1.71. The lowest BCUT2D eigenvalue weighted by molar-refractivity contribution is 0.281. The Labute approximate surface area is 64.0 Å². The van der Waals surface area contributed by atoms with Gasteiger partial charge in [0.2, 0.25) is 0 Å². The minimum Gasteiger partial charge on any atom is -0.0502 e. The molecule has 2 fully saturated rings. The number of rotatable bonds is 1. The molecule has 0 atom stereocenters. The van der Waals surface area contributed by atoms with Crippen LogP contribution in [0.15, 0.2) is 0 Å². The first kappa shape index (κ1) is 6.69. The maximum Gasteiger partial charge on any atom is -0.0386 e. The summed E-state index contributed by atoms with van der Waals surface area (Å²) in [5, 5.41) is 0. The van der Waals surface area contributed by atoms with E-state index in [-0.39, 0.29) is 0 Å². The van der Waals surface area contributed by atoms with Crippen molar-refractivity contribution in [2.75, 3.05) is 0 Å². The molecular weight excluding hydrogens is 120 g/mol. The molecule has 0 heterocycles. The van der Waals surface area contributed by atoms with Gasteiger partial charge in [-0.1, -0.05) is 19.8 Å². The van der Waals surface area contributed by atoms with E-state index in [4.69, 9.17) is 0 Å². The third-order valence-electron chi connectivity index (χ3n) is 3.18. The Balaban J connectivity index is 1.79. The lowest BCUT2D eigenvalue weighted by Gasteiger charge is -2.25. The molecule has 10 heavy (non-hydrogen) atoms. The Morgan fingerprint density at radius 1 is 0.700 bits per heavy atom. The third-order valence-corrected chi connectivity index (χ3v) is 3.18. The normalized spacial score (nSPS) is 41.7. The van der Waals surface area contributed by atoms with E-state index in [9.17, 15) is 0 Å². The predicted octanol–water partition coefficient (Wildman–Crippen LogP) is 3.04. The lowest BCUT2D eigenvalue weighted by atomic mass is 9.81. The van der Waals surface area contributed by atoms with Crippen LogP contribution in [0.5, 0.6) is 0 Å². The molecule has 2 rings (SSSR count). The van der Waals surface area contributed by atoms with Crippen molar-refractivity contribution in [2.24, 2.45) is 17.8 Å². The van der Waals surface area contributed by atoms with E-state index in [1.807, 2.05) is 0 Å². The second-order valence-electron chi connectivity index (χ2n) is 4.12. The van der Waals surface area contributed by atoms with Crippen molar-refractivity contribution in [3.63, 3.8) is 0 Å². The number of hydrogen-bond acceptors (Lipinski definition) is 0. The fourth-order valence-electron chi connectivity index (χ4n) is 2.23. The predicted molar refractivity (Wildman–Crippen MR) is 43.5 cm³/mol. The minimum absolute atomic E-state index is 0.787. The molecule has 0 amide bonds. The largest absolute Gasteiger partial charge is 0.0502 e. The van der Waals surface area contributed by atoms with Gasteiger partial charge in [0, 0.05) is 0 Å². The summed E-state index contributed by atoms with van der Waals surface area (Å²) >= 11 is 0. The van der Waals surface area contributed by atoms with Crippen LogP contribution >= 0.6 is 0 Å². The summed E-state index contributed by atoms with van der Waals surface area (Å²) in [6.45, 7) is 4.11. The zero-order valence-electron chi connectivity index (χ0n) is 6.68. The molecule has 1 radical (unpaired) electrons. The van der Waals surface area contributed by atoms with Crippen LogP contribution < -0.4 is 0 Å². The second-order valence-corrected chi connectivity index (χ2v) is 4.12. The zero-order chi connectivity index (χ0) is 6.97. The molecule has 0 saturated heterocycles. The molecule has 2 aliphatic carbocycles. The molecule has 0 aliphatic heterocycles. The molecule has 0 N–H and O–H groups in total. The van der Waals surface area contributed by atoms with E-state index < -0.39 is 0 Å². The highest BCUT2D eigenvalue weighted by atomic mass is 14.4. The summed E-state index contributed by atoms with van der Waals surface area (Å²) < 4.78 is 0. The highest BCUT2D eigenvalue weighted by Crippen LogP contribution is 2.44. The number of hydrogen-bond donors (Lipinski definition) is 0. The van der Waals surface area contributed by atoms with Crippen LogP contribution in [-0.2, 0) is 0 Å². The highest BCUT2D eigenvalue weighted by molar-refractivity contribution is 4.85. The van der Waals surface area contributed by atoms with Gasteiger partial charge in [0.15, 0.2) is 0 Å². The van der Waals surface area contributed by atoms with Crippen molar-refractivity contribution >= 4 is 0 Å². The van der Waals surface area contributed by atoms with Crippen molar-refractivity contribution in [1.29, 1.82) is 0 Å². The van der Waals surface area contributed by atoms with Crippen LogP contribution in [0, 0.1) is 24.7 Å². The van der Waals surface area contributed by atoms with Gasteiger partial charge in [0.1, 0.15) is 0 Å². The Morgan fingerprint density at radius 3 is 1.50 bits per heavy atom.